The van der Waals surface area contributed by atoms with Crippen LogP contribution in [0.15, 0.2) is 0 Å². The van der Waals surface area contributed by atoms with Gasteiger partial charge in [-0.25, -0.2) is 0 Å². The third-order valence-corrected chi connectivity index (χ3v) is 5.56. The molecule has 2 nitrogen and oxygen atoms in total. The lowest BCUT2D eigenvalue weighted by atomic mass is 10.0. The van der Waals surface area contributed by atoms with Crippen molar-refractivity contribution in [1.29, 1.82) is 0 Å². The number of ether oxygens (including phenoxy) is 1. The van der Waals surface area contributed by atoms with Crippen LogP contribution < -0.4 is 0 Å². The molecule has 0 aromatic rings. The molecule has 15 heavy (non-hydrogen) atoms. The van der Waals surface area contributed by atoms with E-state index in [9.17, 15) is 0 Å². The van der Waals surface area contributed by atoms with Gasteiger partial charge in [0.05, 0.1) is 6.10 Å². The van der Waals surface area contributed by atoms with Crippen molar-refractivity contribution in [2.24, 2.45) is 0 Å². The molecule has 0 amide bonds. The summed E-state index contributed by atoms with van der Waals surface area (Å²) in [4.78, 5) is 3.25. The summed E-state index contributed by atoms with van der Waals surface area (Å²) in [6.07, 6.45) is 5.55. The number of rotatable bonds is 3. The maximum atomic E-state index is 5.67. The van der Waals surface area contributed by atoms with Crippen molar-refractivity contribution in [2.75, 3.05) is 19.7 Å². The Labute approximate surface area is 101 Å². The van der Waals surface area contributed by atoms with Gasteiger partial charge in [-0.15, -0.1) is 0 Å². The Hall–Kier alpha value is 0.400. The first-order chi connectivity index (χ1) is 7.10. The van der Waals surface area contributed by atoms with Gasteiger partial charge < -0.3 is 4.74 Å². The summed E-state index contributed by atoms with van der Waals surface area (Å²) >= 11 is 3.78. The fourth-order valence-corrected chi connectivity index (χ4v) is 3.17. The zero-order valence-corrected chi connectivity index (χ0v) is 11.4. The lowest BCUT2D eigenvalue weighted by molar-refractivity contribution is 0.0813. The molecule has 2 aliphatic rings. The number of hydrogen-bond acceptors (Lipinski definition) is 2. The Morgan fingerprint density at radius 3 is 2.73 bits per heavy atom. The minimum Gasteiger partial charge on any atom is -0.378 e. The normalized spacial score (nSPS) is 36.2. The van der Waals surface area contributed by atoms with Crippen molar-refractivity contribution in [2.45, 2.75) is 56.0 Å². The summed E-state index contributed by atoms with van der Waals surface area (Å²) in [5.74, 6) is 0. The second-order valence-electron chi connectivity index (χ2n) is 5.32. The fraction of sp³-hybridized carbons (Fsp3) is 1.00. The maximum absolute atomic E-state index is 5.67. The molecule has 0 radical (unpaired) electrons. The molecule has 2 atom stereocenters. The quantitative estimate of drug-likeness (QED) is 0.735. The molecule has 0 aliphatic carbocycles. The predicted molar refractivity (Wildman–Crippen MR) is 66.6 cm³/mol. The highest BCUT2D eigenvalue weighted by molar-refractivity contribution is 9.09. The van der Waals surface area contributed by atoms with Gasteiger partial charge in [0, 0.05) is 23.5 Å². The van der Waals surface area contributed by atoms with Crippen molar-refractivity contribution < 1.29 is 4.74 Å². The minimum atomic E-state index is 0.318. The molecule has 0 bridgehead atoms. The van der Waals surface area contributed by atoms with E-state index in [1.165, 1.54) is 38.8 Å². The molecule has 0 spiro atoms. The van der Waals surface area contributed by atoms with Crippen LogP contribution in [0.25, 0.3) is 0 Å². The van der Waals surface area contributed by atoms with Gasteiger partial charge in [-0.2, -0.15) is 0 Å². The van der Waals surface area contributed by atoms with Gasteiger partial charge in [-0.05, 0) is 46.1 Å². The number of hydrogen-bond donors (Lipinski definition) is 0. The average Bonchev–Trinajstić information content (AvgIpc) is 2.76. The fourth-order valence-electron chi connectivity index (χ4n) is 2.68. The van der Waals surface area contributed by atoms with E-state index in [1.807, 2.05) is 0 Å². The summed E-state index contributed by atoms with van der Waals surface area (Å²) < 4.78 is 5.67. The summed E-state index contributed by atoms with van der Waals surface area (Å²) in [5.41, 5.74) is 0.318. The zero-order chi connectivity index (χ0) is 10.9. The van der Waals surface area contributed by atoms with E-state index in [0.29, 0.717) is 16.5 Å². The first-order valence-corrected chi connectivity index (χ1v) is 7.03. The molecule has 88 valence electrons. The second-order valence-corrected chi connectivity index (χ2v) is 6.43. The van der Waals surface area contributed by atoms with Crippen LogP contribution in [0.4, 0.5) is 0 Å². The molecule has 2 rings (SSSR count). The maximum Gasteiger partial charge on any atom is 0.0588 e. The molecule has 0 aromatic heterocycles. The number of likely N-dealkylation sites (tertiary alicyclic amines) is 1. The zero-order valence-electron chi connectivity index (χ0n) is 9.84. The van der Waals surface area contributed by atoms with Gasteiger partial charge >= 0.3 is 0 Å². The molecule has 2 heterocycles. The predicted octanol–water partition coefficient (Wildman–Crippen LogP) is 2.80. The molecule has 2 fully saturated rings. The van der Waals surface area contributed by atoms with Crippen LogP contribution in [0, 0.1) is 0 Å². The number of alkyl halides is 1. The third kappa shape index (κ3) is 2.56. The third-order valence-electron chi connectivity index (χ3n) is 3.98. The molecule has 0 aromatic carbocycles. The van der Waals surface area contributed by atoms with E-state index in [-0.39, 0.29) is 0 Å². The molecule has 0 N–H and O–H groups in total. The Bertz CT molecular complexity index is 214. The smallest absolute Gasteiger partial charge is 0.0588 e. The number of nitrogens with zero attached hydrogens (tertiary/aromatic N) is 1. The van der Waals surface area contributed by atoms with Crippen LogP contribution in [0.3, 0.4) is 0 Å². The van der Waals surface area contributed by atoms with Gasteiger partial charge in [-0.1, -0.05) is 15.9 Å². The highest BCUT2D eigenvalue weighted by Gasteiger charge is 2.39. The van der Waals surface area contributed by atoms with Crippen molar-refractivity contribution >= 4 is 15.9 Å². The molecule has 3 heteroatoms. The van der Waals surface area contributed by atoms with Crippen LogP contribution in [0.1, 0.15) is 39.5 Å². The summed E-state index contributed by atoms with van der Waals surface area (Å²) in [6.45, 7) is 8.09. The molecule has 2 aliphatic heterocycles. The van der Waals surface area contributed by atoms with Crippen LogP contribution in [-0.2, 0) is 4.74 Å². The van der Waals surface area contributed by atoms with Gasteiger partial charge in [0.25, 0.3) is 0 Å². The molecular formula is C12H22BrNO. The van der Waals surface area contributed by atoms with Crippen molar-refractivity contribution in [3.63, 3.8) is 0 Å². The van der Waals surface area contributed by atoms with Crippen molar-refractivity contribution in [3.05, 3.63) is 0 Å². The highest BCUT2D eigenvalue weighted by atomic mass is 79.9. The van der Waals surface area contributed by atoms with E-state index < -0.39 is 0 Å². The average molecular weight is 276 g/mol. The Balaban J connectivity index is 1.79. The van der Waals surface area contributed by atoms with Gasteiger partial charge in [0.2, 0.25) is 0 Å². The standard InChI is InChI=1S/C12H22BrNO/c1-12(2)11(13)6-8-14(12)7-5-10-4-3-9-15-10/h10-11H,3-9H2,1-2H3. The lowest BCUT2D eigenvalue weighted by Gasteiger charge is -2.34. The van der Waals surface area contributed by atoms with E-state index in [2.05, 4.69) is 34.7 Å². The highest BCUT2D eigenvalue weighted by Crippen LogP contribution is 2.34. The van der Waals surface area contributed by atoms with Gasteiger partial charge in [0.15, 0.2) is 0 Å². The van der Waals surface area contributed by atoms with E-state index in [0.717, 1.165) is 6.61 Å². The van der Waals surface area contributed by atoms with Crippen molar-refractivity contribution in [3.8, 4) is 0 Å². The van der Waals surface area contributed by atoms with Crippen LogP contribution in [-0.4, -0.2) is 41.1 Å². The van der Waals surface area contributed by atoms with E-state index >= 15 is 0 Å². The Morgan fingerprint density at radius 1 is 1.40 bits per heavy atom. The summed E-state index contributed by atoms with van der Waals surface area (Å²) in [5, 5.41) is 0. The minimum absolute atomic E-state index is 0.318. The first-order valence-electron chi connectivity index (χ1n) is 6.11. The first kappa shape index (κ1) is 11.9. The monoisotopic (exact) mass is 275 g/mol. The van der Waals surface area contributed by atoms with Crippen LogP contribution in [0.2, 0.25) is 0 Å². The largest absolute Gasteiger partial charge is 0.378 e. The van der Waals surface area contributed by atoms with Gasteiger partial charge in [0.1, 0.15) is 0 Å². The number of halogens is 1. The molecule has 0 saturated carbocycles. The molecule has 2 saturated heterocycles. The Kier molecular flexibility index (Phi) is 3.74. The lowest BCUT2D eigenvalue weighted by Crippen LogP contribution is -2.44. The summed E-state index contributed by atoms with van der Waals surface area (Å²) in [6, 6.07) is 0. The van der Waals surface area contributed by atoms with Gasteiger partial charge in [-0.3, -0.25) is 4.90 Å². The van der Waals surface area contributed by atoms with E-state index in [4.69, 9.17) is 4.74 Å². The molecular weight excluding hydrogens is 254 g/mol. The summed E-state index contributed by atoms with van der Waals surface area (Å²) in [7, 11) is 0. The second kappa shape index (κ2) is 4.72. The van der Waals surface area contributed by atoms with E-state index in [1.54, 1.807) is 0 Å². The SMILES string of the molecule is CC1(C)C(Br)CCN1CCC1CCCO1. The van der Waals surface area contributed by atoms with Crippen LogP contribution in [0.5, 0.6) is 0 Å². The van der Waals surface area contributed by atoms with Crippen molar-refractivity contribution in [1.82, 2.24) is 4.90 Å². The topological polar surface area (TPSA) is 12.5 Å². The molecule has 2 unspecified atom stereocenters. The Morgan fingerprint density at radius 2 is 2.20 bits per heavy atom. The van der Waals surface area contributed by atoms with Crippen LogP contribution >= 0.6 is 15.9 Å².